The summed E-state index contributed by atoms with van der Waals surface area (Å²) in [6.07, 6.45) is 2.28. The summed E-state index contributed by atoms with van der Waals surface area (Å²) < 4.78 is 13.8. The Morgan fingerprint density at radius 3 is 2.58 bits per heavy atom. The standard InChI is InChI=1S/C16H27FN2/c1-5-18-12-8-9-13(2)19(4)14(3)15-10-6-7-11-16(15)17/h6-7,10-11,13-14,18H,5,8-9,12H2,1-4H3. The van der Waals surface area contributed by atoms with E-state index in [9.17, 15) is 4.39 Å². The lowest BCUT2D eigenvalue weighted by molar-refractivity contribution is 0.183. The molecular weight excluding hydrogens is 239 g/mol. The molecule has 19 heavy (non-hydrogen) atoms. The molecule has 0 aromatic heterocycles. The zero-order valence-electron chi connectivity index (χ0n) is 12.6. The van der Waals surface area contributed by atoms with E-state index in [2.05, 4.69) is 38.0 Å². The molecule has 1 rings (SSSR count). The van der Waals surface area contributed by atoms with Crippen molar-refractivity contribution in [3.05, 3.63) is 35.6 Å². The molecular formula is C16H27FN2. The smallest absolute Gasteiger partial charge is 0.127 e. The quantitative estimate of drug-likeness (QED) is 0.723. The molecule has 0 heterocycles. The van der Waals surface area contributed by atoms with E-state index in [1.54, 1.807) is 6.07 Å². The van der Waals surface area contributed by atoms with Crippen LogP contribution in [0.5, 0.6) is 0 Å². The summed E-state index contributed by atoms with van der Waals surface area (Å²) in [5.74, 6) is -0.110. The van der Waals surface area contributed by atoms with Crippen molar-refractivity contribution in [3.8, 4) is 0 Å². The monoisotopic (exact) mass is 266 g/mol. The number of hydrogen-bond donors (Lipinski definition) is 1. The highest BCUT2D eigenvalue weighted by Gasteiger charge is 2.19. The van der Waals surface area contributed by atoms with Crippen LogP contribution >= 0.6 is 0 Å². The van der Waals surface area contributed by atoms with Crippen LogP contribution < -0.4 is 5.32 Å². The highest BCUT2D eigenvalue weighted by Crippen LogP contribution is 2.24. The lowest BCUT2D eigenvalue weighted by Gasteiger charge is -2.31. The van der Waals surface area contributed by atoms with E-state index in [1.165, 1.54) is 6.07 Å². The summed E-state index contributed by atoms with van der Waals surface area (Å²) in [4.78, 5) is 2.25. The Bertz CT molecular complexity index is 368. The summed E-state index contributed by atoms with van der Waals surface area (Å²) in [6, 6.07) is 7.62. The maximum atomic E-state index is 13.8. The van der Waals surface area contributed by atoms with Crippen LogP contribution in [0.1, 0.15) is 45.2 Å². The van der Waals surface area contributed by atoms with Gasteiger partial charge in [0.2, 0.25) is 0 Å². The van der Waals surface area contributed by atoms with Gasteiger partial charge in [0.1, 0.15) is 5.82 Å². The minimum Gasteiger partial charge on any atom is -0.317 e. The number of benzene rings is 1. The van der Waals surface area contributed by atoms with E-state index in [4.69, 9.17) is 0 Å². The molecule has 0 aliphatic carbocycles. The first-order valence-corrected chi connectivity index (χ1v) is 7.25. The van der Waals surface area contributed by atoms with E-state index < -0.39 is 0 Å². The lowest BCUT2D eigenvalue weighted by Crippen LogP contribution is -2.32. The molecule has 2 nitrogen and oxygen atoms in total. The van der Waals surface area contributed by atoms with E-state index in [0.29, 0.717) is 6.04 Å². The largest absolute Gasteiger partial charge is 0.317 e. The van der Waals surface area contributed by atoms with Gasteiger partial charge >= 0.3 is 0 Å². The number of nitrogens with zero attached hydrogens (tertiary/aromatic N) is 1. The Kier molecular flexibility index (Phi) is 7.03. The normalized spacial score (nSPS) is 14.6. The van der Waals surface area contributed by atoms with Crippen molar-refractivity contribution in [1.29, 1.82) is 0 Å². The van der Waals surface area contributed by atoms with Crippen molar-refractivity contribution in [2.75, 3.05) is 20.1 Å². The van der Waals surface area contributed by atoms with Gasteiger partial charge in [-0.2, -0.15) is 0 Å². The molecule has 2 atom stereocenters. The molecule has 0 saturated heterocycles. The van der Waals surface area contributed by atoms with Crippen molar-refractivity contribution in [1.82, 2.24) is 10.2 Å². The van der Waals surface area contributed by atoms with E-state index in [0.717, 1.165) is 31.5 Å². The third kappa shape index (κ3) is 4.92. The van der Waals surface area contributed by atoms with Gasteiger partial charge in [0, 0.05) is 17.6 Å². The fourth-order valence-electron chi connectivity index (χ4n) is 2.32. The Hall–Kier alpha value is -0.930. The third-order valence-corrected chi connectivity index (χ3v) is 3.89. The van der Waals surface area contributed by atoms with Crippen LogP contribution in [-0.4, -0.2) is 31.1 Å². The van der Waals surface area contributed by atoms with Gasteiger partial charge < -0.3 is 5.32 Å². The van der Waals surface area contributed by atoms with Crippen molar-refractivity contribution >= 4 is 0 Å². The van der Waals surface area contributed by atoms with Crippen LogP contribution in [0.4, 0.5) is 4.39 Å². The maximum Gasteiger partial charge on any atom is 0.127 e. The number of hydrogen-bond acceptors (Lipinski definition) is 2. The average molecular weight is 266 g/mol. The van der Waals surface area contributed by atoms with E-state index in [1.807, 2.05) is 12.1 Å². The second kappa shape index (κ2) is 8.28. The minimum absolute atomic E-state index is 0.107. The summed E-state index contributed by atoms with van der Waals surface area (Å²) in [5, 5.41) is 3.33. The molecule has 0 amide bonds. The van der Waals surface area contributed by atoms with Gasteiger partial charge in [-0.1, -0.05) is 25.1 Å². The Morgan fingerprint density at radius 2 is 1.95 bits per heavy atom. The van der Waals surface area contributed by atoms with E-state index >= 15 is 0 Å². The van der Waals surface area contributed by atoms with Gasteiger partial charge in [0.25, 0.3) is 0 Å². The first kappa shape index (κ1) is 16.1. The molecule has 1 aromatic rings. The average Bonchev–Trinajstić information content (AvgIpc) is 2.42. The van der Waals surface area contributed by atoms with Crippen molar-refractivity contribution in [3.63, 3.8) is 0 Å². The van der Waals surface area contributed by atoms with Crippen LogP contribution in [0.15, 0.2) is 24.3 Å². The first-order chi connectivity index (χ1) is 9.07. The van der Waals surface area contributed by atoms with Crippen molar-refractivity contribution < 1.29 is 4.39 Å². The number of nitrogens with one attached hydrogen (secondary N) is 1. The number of halogens is 1. The molecule has 3 heteroatoms. The third-order valence-electron chi connectivity index (χ3n) is 3.89. The molecule has 0 aliphatic heterocycles. The molecule has 0 radical (unpaired) electrons. The van der Waals surface area contributed by atoms with Crippen LogP contribution in [0.25, 0.3) is 0 Å². The van der Waals surface area contributed by atoms with Crippen molar-refractivity contribution in [2.24, 2.45) is 0 Å². The van der Waals surface area contributed by atoms with Crippen LogP contribution in [0.2, 0.25) is 0 Å². The van der Waals surface area contributed by atoms with Gasteiger partial charge in [-0.15, -0.1) is 0 Å². The summed E-state index contributed by atoms with van der Waals surface area (Å²) in [7, 11) is 2.08. The predicted octanol–water partition coefficient (Wildman–Crippen LogP) is 3.60. The fourth-order valence-corrected chi connectivity index (χ4v) is 2.32. The lowest BCUT2D eigenvalue weighted by atomic mass is 10.0. The fraction of sp³-hybridized carbons (Fsp3) is 0.625. The topological polar surface area (TPSA) is 15.3 Å². The molecule has 0 saturated carbocycles. The maximum absolute atomic E-state index is 13.8. The Morgan fingerprint density at radius 1 is 1.26 bits per heavy atom. The summed E-state index contributed by atoms with van der Waals surface area (Å²) in [5.41, 5.74) is 0.781. The SMILES string of the molecule is CCNCCCC(C)N(C)C(C)c1ccccc1F. The Labute approximate surface area is 117 Å². The molecule has 0 aliphatic rings. The molecule has 0 fully saturated rings. The molecule has 1 aromatic carbocycles. The van der Waals surface area contributed by atoms with Gasteiger partial charge in [-0.25, -0.2) is 4.39 Å². The van der Waals surface area contributed by atoms with E-state index in [-0.39, 0.29) is 11.9 Å². The second-order valence-electron chi connectivity index (χ2n) is 5.21. The van der Waals surface area contributed by atoms with Crippen LogP contribution in [0.3, 0.4) is 0 Å². The molecule has 2 unspecified atom stereocenters. The van der Waals surface area contributed by atoms with Gasteiger partial charge in [-0.05, 0) is 52.9 Å². The highest BCUT2D eigenvalue weighted by atomic mass is 19.1. The molecule has 108 valence electrons. The molecule has 1 N–H and O–H groups in total. The first-order valence-electron chi connectivity index (χ1n) is 7.25. The second-order valence-corrected chi connectivity index (χ2v) is 5.21. The van der Waals surface area contributed by atoms with Gasteiger partial charge in [0.05, 0.1) is 0 Å². The molecule has 0 bridgehead atoms. The predicted molar refractivity (Wildman–Crippen MR) is 79.8 cm³/mol. The van der Waals surface area contributed by atoms with Gasteiger partial charge in [-0.3, -0.25) is 4.90 Å². The molecule has 0 spiro atoms. The van der Waals surface area contributed by atoms with Gasteiger partial charge in [0.15, 0.2) is 0 Å². The highest BCUT2D eigenvalue weighted by molar-refractivity contribution is 5.20. The summed E-state index contributed by atoms with van der Waals surface area (Å²) in [6.45, 7) is 8.48. The Balaban J connectivity index is 2.52. The zero-order valence-corrected chi connectivity index (χ0v) is 12.6. The van der Waals surface area contributed by atoms with Crippen LogP contribution in [0, 0.1) is 5.82 Å². The van der Waals surface area contributed by atoms with Crippen LogP contribution in [-0.2, 0) is 0 Å². The zero-order chi connectivity index (χ0) is 14.3. The van der Waals surface area contributed by atoms with Crippen molar-refractivity contribution in [2.45, 2.75) is 45.7 Å². The minimum atomic E-state index is -0.110. The summed E-state index contributed by atoms with van der Waals surface area (Å²) >= 11 is 0. The number of rotatable bonds is 8.